The number of hydrogen-bond donors (Lipinski definition) is 0. The Labute approximate surface area is 219 Å². The quantitative estimate of drug-likeness (QED) is 0.322. The van der Waals surface area contributed by atoms with Crippen molar-refractivity contribution in [1.82, 2.24) is 14.8 Å². The van der Waals surface area contributed by atoms with E-state index in [9.17, 15) is 18.0 Å². The van der Waals surface area contributed by atoms with Crippen molar-refractivity contribution in [3.05, 3.63) is 107 Å². The van der Waals surface area contributed by atoms with E-state index in [0.29, 0.717) is 32.6 Å². The molecule has 1 saturated heterocycles. The fourth-order valence-electron chi connectivity index (χ4n) is 5.06. The number of benzene rings is 3. The first-order valence-electron chi connectivity index (χ1n) is 12.5. The summed E-state index contributed by atoms with van der Waals surface area (Å²) in [6, 6.07) is 21.2. The molecule has 196 valence electrons. The van der Waals surface area contributed by atoms with Gasteiger partial charge in [-0.25, -0.2) is 0 Å². The first-order chi connectivity index (χ1) is 18.3. The van der Waals surface area contributed by atoms with Gasteiger partial charge < -0.3 is 9.64 Å². The van der Waals surface area contributed by atoms with E-state index in [1.165, 1.54) is 13.2 Å². The number of ether oxygens (including phenoxy) is 1. The van der Waals surface area contributed by atoms with E-state index in [4.69, 9.17) is 4.74 Å². The molecule has 1 aliphatic heterocycles. The van der Waals surface area contributed by atoms with Gasteiger partial charge in [-0.05, 0) is 52.6 Å². The summed E-state index contributed by atoms with van der Waals surface area (Å²) in [5.41, 5.74) is 1.21. The monoisotopic (exact) mass is 519 g/mol. The van der Waals surface area contributed by atoms with Crippen LogP contribution in [0.3, 0.4) is 0 Å². The predicted molar refractivity (Wildman–Crippen MR) is 140 cm³/mol. The van der Waals surface area contributed by atoms with Gasteiger partial charge >= 0.3 is 6.18 Å². The first-order valence-corrected chi connectivity index (χ1v) is 12.5. The van der Waals surface area contributed by atoms with Gasteiger partial charge in [-0.1, -0.05) is 48.5 Å². The minimum atomic E-state index is -4.59. The lowest BCUT2D eigenvalue weighted by molar-refractivity contribution is -0.137. The van der Waals surface area contributed by atoms with E-state index in [0.717, 1.165) is 34.0 Å². The largest absolute Gasteiger partial charge is 0.497 e. The van der Waals surface area contributed by atoms with Gasteiger partial charge in [0.05, 0.1) is 12.7 Å². The number of fused-ring (bicyclic) bond motifs is 1. The number of aromatic nitrogens is 1. The minimum absolute atomic E-state index is 0.00414. The van der Waals surface area contributed by atoms with Crippen LogP contribution < -0.4 is 4.74 Å². The lowest BCUT2D eigenvalue weighted by Crippen LogP contribution is -2.55. The molecular weight excluding hydrogens is 491 g/mol. The predicted octanol–water partition coefficient (Wildman–Crippen LogP) is 5.83. The molecule has 0 N–H and O–H groups in total. The zero-order valence-corrected chi connectivity index (χ0v) is 21.0. The molecule has 0 saturated carbocycles. The molecule has 8 heteroatoms. The SMILES string of the molecule is COc1cc(C(=O)N2CCN(Cc3cccnc3)C[C@H]2Cc2ccc3ccccc3c2)cc(C(F)(F)F)c1. The number of rotatable bonds is 6. The number of methoxy groups -OCH3 is 1. The Morgan fingerprint density at radius 3 is 2.53 bits per heavy atom. The van der Waals surface area contributed by atoms with Crippen LogP contribution in [0, 0.1) is 0 Å². The molecule has 1 fully saturated rings. The fourth-order valence-corrected chi connectivity index (χ4v) is 5.06. The Kier molecular flexibility index (Phi) is 7.33. The van der Waals surface area contributed by atoms with Gasteiger partial charge in [0, 0.05) is 50.2 Å². The highest BCUT2D eigenvalue weighted by atomic mass is 19.4. The Bertz CT molecular complexity index is 1430. The Balaban J connectivity index is 1.45. The molecular formula is C30H28F3N3O2. The van der Waals surface area contributed by atoms with Gasteiger partial charge in [0.1, 0.15) is 5.75 Å². The Hall–Kier alpha value is -3.91. The average Bonchev–Trinajstić information content (AvgIpc) is 2.92. The number of alkyl halides is 3. The van der Waals surface area contributed by atoms with Crippen LogP contribution in [0.25, 0.3) is 10.8 Å². The van der Waals surface area contributed by atoms with Crippen LogP contribution >= 0.6 is 0 Å². The highest BCUT2D eigenvalue weighted by molar-refractivity contribution is 5.95. The summed E-state index contributed by atoms with van der Waals surface area (Å²) in [7, 11) is 1.30. The van der Waals surface area contributed by atoms with Crippen molar-refractivity contribution in [1.29, 1.82) is 0 Å². The van der Waals surface area contributed by atoms with Crippen LogP contribution in [0.2, 0.25) is 0 Å². The zero-order valence-electron chi connectivity index (χ0n) is 21.0. The van der Waals surface area contributed by atoms with Crippen LogP contribution in [0.4, 0.5) is 13.2 Å². The number of pyridine rings is 1. The van der Waals surface area contributed by atoms with Crippen molar-refractivity contribution in [2.75, 3.05) is 26.7 Å². The van der Waals surface area contributed by atoms with Gasteiger partial charge in [0.25, 0.3) is 5.91 Å². The van der Waals surface area contributed by atoms with Crippen molar-refractivity contribution in [3.63, 3.8) is 0 Å². The van der Waals surface area contributed by atoms with Crippen LogP contribution in [-0.2, 0) is 19.1 Å². The molecule has 1 atom stereocenters. The number of nitrogens with zero attached hydrogens (tertiary/aromatic N) is 3. The van der Waals surface area contributed by atoms with Crippen molar-refractivity contribution in [3.8, 4) is 5.75 Å². The van der Waals surface area contributed by atoms with Crippen molar-refractivity contribution >= 4 is 16.7 Å². The van der Waals surface area contributed by atoms with Gasteiger partial charge in [-0.3, -0.25) is 14.7 Å². The van der Waals surface area contributed by atoms with Gasteiger partial charge in [-0.2, -0.15) is 13.2 Å². The van der Waals surface area contributed by atoms with E-state index < -0.39 is 17.6 Å². The standard InChI is InChI=1S/C30H28F3N3O2/c1-38-28-16-25(15-26(17-28)30(31,32)33)29(37)36-12-11-35(19-22-5-4-10-34-18-22)20-27(36)14-21-8-9-23-6-2-3-7-24(23)13-21/h2-10,13,15-18,27H,11-12,14,19-20H2,1H3/t27-/m1/s1. The molecule has 3 aromatic carbocycles. The topological polar surface area (TPSA) is 45.7 Å². The summed E-state index contributed by atoms with van der Waals surface area (Å²) >= 11 is 0. The van der Waals surface area contributed by atoms with E-state index in [2.05, 4.69) is 28.1 Å². The molecule has 0 bridgehead atoms. The molecule has 0 spiro atoms. The van der Waals surface area contributed by atoms with E-state index in [1.54, 1.807) is 11.1 Å². The number of hydrogen-bond acceptors (Lipinski definition) is 4. The third kappa shape index (κ3) is 5.81. The van der Waals surface area contributed by atoms with Crippen LogP contribution in [0.15, 0.2) is 85.2 Å². The maximum atomic E-state index is 13.7. The summed E-state index contributed by atoms with van der Waals surface area (Å²) in [4.78, 5) is 21.9. The van der Waals surface area contributed by atoms with Gasteiger partial charge in [-0.15, -0.1) is 0 Å². The zero-order chi connectivity index (χ0) is 26.7. The third-order valence-electron chi connectivity index (χ3n) is 6.96. The summed E-state index contributed by atoms with van der Waals surface area (Å²) in [5, 5.41) is 2.23. The van der Waals surface area contributed by atoms with E-state index in [-0.39, 0.29) is 17.4 Å². The van der Waals surface area contributed by atoms with Crippen LogP contribution in [-0.4, -0.2) is 53.5 Å². The van der Waals surface area contributed by atoms with Crippen LogP contribution in [0.5, 0.6) is 5.75 Å². The van der Waals surface area contributed by atoms with Crippen LogP contribution in [0.1, 0.15) is 27.0 Å². The minimum Gasteiger partial charge on any atom is -0.497 e. The maximum Gasteiger partial charge on any atom is 0.416 e. The van der Waals surface area contributed by atoms with Crippen molar-refractivity contribution < 1.29 is 22.7 Å². The third-order valence-corrected chi connectivity index (χ3v) is 6.96. The first kappa shape index (κ1) is 25.7. The number of halogens is 3. The molecule has 1 aromatic heterocycles. The summed E-state index contributed by atoms with van der Waals surface area (Å²) in [5.74, 6) is -0.425. The lowest BCUT2D eigenvalue weighted by Gasteiger charge is -2.42. The van der Waals surface area contributed by atoms with E-state index >= 15 is 0 Å². The maximum absolute atomic E-state index is 13.7. The lowest BCUT2D eigenvalue weighted by atomic mass is 9.98. The molecule has 5 nitrogen and oxygen atoms in total. The highest BCUT2D eigenvalue weighted by Gasteiger charge is 2.35. The Morgan fingerprint density at radius 1 is 0.974 bits per heavy atom. The molecule has 5 rings (SSSR count). The second-order valence-corrected chi connectivity index (χ2v) is 9.58. The Morgan fingerprint density at radius 2 is 1.79 bits per heavy atom. The number of carbonyl (C=O) groups excluding carboxylic acids is 1. The molecule has 4 aromatic rings. The molecule has 1 aliphatic rings. The number of carbonyl (C=O) groups is 1. The normalized spacial score (nSPS) is 16.5. The molecule has 0 aliphatic carbocycles. The average molecular weight is 520 g/mol. The highest BCUT2D eigenvalue weighted by Crippen LogP contribution is 2.33. The van der Waals surface area contributed by atoms with Gasteiger partial charge in [0.15, 0.2) is 0 Å². The van der Waals surface area contributed by atoms with Gasteiger partial charge in [0.2, 0.25) is 0 Å². The summed E-state index contributed by atoms with van der Waals surface area (Å²) in [6.07, 6.45) is -0.455. The van der Waals surface area contributed by atoms with Crippen molar-refractivity contribution in [2.45, 2.75) is 25.2 Å². The summed E-state index contributed by atoms with van der Waals surface area (Å²) < 4.78 is 45.7. The molecule has 0 unspecified atom stereocenters. The van der Waals surface area contributed by atoms with Crippen molar-refractivity contribution in [2.24, 2.45) is 0 Å². The smallest absolute Gasteiger partial charge is 0.416 e. The second kappa shape index (κ2) is 10.8. The second-order valence-electron chi connectivity index (χ2n) is 9.58. The fraction of sp³-hybridized carbons (Fsp3) is 0.267. The van der Waals surface area contributed by atoms with E-state index in [1.807, 2.05) is 42.6 Å². The number of amides is 1. The number of piperazine rings is 1. The molecule has 0 radical (unpaired) electrons. The molecule has 38 heavy (non-hydrogen) atoms. The molecule has 1 amide bonds. The summed E-state index contributed by atoms with van der Waals surface area (Å²) in [6.45, 7) is 2.27. The molecule has 2 heterocycles.